The third-order valence-corrected chi connectivity index (χ3v) is 3.46. The minimum Gasteiger partial charge on any atom is -0.371 e. The highest BCUT2D eigenvalue weighted by molar-refractivity contribution is 6.63. The van der Waals surface area contributed by atoms with Crippen molar-refractivity contribution in [2.24, 2.45) is 5.92 Å². The molecule has 0 amide bonds. The summed E-state index contributed by atoms with van der Waals surface area (Å²) in [5.74, 6) is -0.153. The molecular weight excluding hydrogens is 264 g/mol. The highest BCUT2D eigenvalue weighted by Gasteiger charge is 2.24. The Kier molecular flexibility index (Phi) is 3.89. The van der Waals surface area contributed by atoms with Crippen molar-refractivity contribution in [3.05, 3.63) is 29.0 Å². The number of nitrogens with zero attached hydrogens (tertiary/aromatic N) is 1. The zero-order chi connectivity index (χ0) is 12.4. The van der Waals surface area contributed by atoms with Crippen molar-refractivity contribution in [2.45, 2.75) is 12.8 Å². The fourth-order valence-corrected chi connectivity index (χ4v) is 2.48. The molecule has 0 radical (unpaired) electrons. The standard InChI is InChI=1S/C12H12Cl2FNO/c13-10-2-1-9(6-11(10)15)16-4-3-8(7-16)5-12(14)17/h1-2,6,8H,3-5,7H2/t8-/m1/s1. The molecule has 92 valence electrons. The topological polar surface area (TPSA) is 20.3 Å². The van der Waals surface area contributed by atoms with Gasteiger partial charge in [-0.3, -0.25) is 4.79 Å². The van der Waals surface area contributed by atoms with Crippen LogP contribution in [0.25, 0.3) is 0 Å². The minimum absolute atomic E-state index is 0.125. The van der Waals surface area contributed by atoms with E-state index in [1.54, 1.807) is 12.1 Å². The van der Waals surface area contributed by atoms with E-state index >= 15 is 0 Å². The number of hydrogen-bond acceptors (Lipinski definition) is 2. The number of anilines is 1. The Balaban J connectivity index is 2.04. The minimum atomic E-state index is -0.416. The smallest absolute Gasteiger partial charge is 0.221 e. The van der Waals surface area contributed by atoms with Crippen LogP contribution in [0.2, 0.25) is 5.02 Å². The number of halogens is 3. The van der Waals surface area contributed by atoms with Crippen LogP contribution in [0, 0.1) is 11.7 Å². The van der Waals surface area contributed by atoms with E-state index in [4.69, 9.17) is 23.2 Å². The van der Waals surface area contributed by atoms with Gasteiger partial charge in [0.05, 0.1) is 5.02 Å². The normalized spacial score (nSPS) is 19.7. The average molecular weight is 276 g/mol. The molecule has 0 saturated carbocycles. The summed E-state index contributed by atoms with van der Waals surface area (Å²) >= 11 is 11.0. The van der Waals surface area contributed by atoms with Crippen LogP contribution >= 0.6 is 23.2 Å². The van der Waals surface area contributed by atoms with E-state index in [2.05, 4.69) is 0 Å². The van der Waals surface area contributed by atoms with Crippen LogP contribution < -0.4 is 4.90 Å². The summed E-state index contributed by atoms with van der Waals surface area (Å²) in [6.07, 6.45) is 1.29. The van der Waals surface area contributed by atoms with Gasteiger partial charge in [-0.1, -0.05) is 11.6 Å². The number of rotatable bonds is 3. The zero-order valence-electron chi connectivity index (χ0n) is 9.13. The molecule has 1 aromatic rings. The lowest BCUT2D eigenvalue weighted by Crippen LogP contribution is -2.20. The first-order chi connectivity index (χ1) is 8.06. The van der Waals surface area contributed by atoms with E-state index in [0.717, 1.165) is 25.2 Å². The van der Waals surface area contributed by atoms with E-state index in [9.17, 15) is 9.18 Å². The van der Waals surface area contributed by atoms with Gasteiger partial charge in [0.25, 0.3) is 0 Å². The van der Waals surface area contributed by atoms with Crippen molar-refractivity contribution in [2.75, 3.05) is 18.0 Å². The lowest BCUT2D eigenvalue weighted by molar-refractivity contribution is -0.112. The number of carbonyl (C=O) groups is 1. The second kappa shape index (κ2) is 5.23. The molecule has 1 heterocycles. The molecule has 1 saturated heterocycles. The molecule has 0 aromatic heterocycles. The van der Waals surface area contributed by atoms with Crippen LogP contribution in [0.4, 0.5) is 10.1 Å². The summed E-state index contributed by atoms with van der Waals surface area (Å²) in [5, 5.41) is -0.181. The van der Waals surface area contributed by atoms with E-state index in [0.29, 0.717) is 6.42 Å². The van der Waals surface area contributed by atoms with E-state index in [1.807, 2.05) is 4.90 Å². The first kappa shape index (κ1) is 12.7. The Labute approximate surface area is 109 Å². The third-order valence-electron chi connectivity index (χ3n) is 3.00. The zero-order valence-corrected chi connectivity index (χ0v) is 10.6. The second-order valence-electron chi connectivity index (χ2n) is 4.26. The predicted molar refractivity (Wildman–Crippen MR) is 67.2 cm³/mol. The van der Waals surface area contributed by atoms with E-state index in [1.165, 1.54) is 6.07 Å². The summed E-state index contributed by atoms with van der Waals surface area (Å²) in [4.78, 5) is 12.9. The van der Waals surface area contributed by atoms with Crippen molar-refractivity contribution in [3.8, 4) is 0 Å². The highest BCUT2D eigenvalue weighted by Crippen LogP contribution is 2.28. The Morgan fingerprint density at radius 2 is 2.29 bits per heavy atom. The predicted octanol–water partition coefficient (Wildman–Crippen LogP) is 3.46. The molecule has 2 rings (SSSR count). The van der Waals surface area contributed by atoms with Crippen LogP contribution in [0.15, 0.2) is 18.2 Å². The molecule has 5 heteroatoms. The van der Waals surface area contributed by atoms with Gasteiger partial charge in [0.1, 0.15) is 5.82 Å². The first-order valence-corrected chi connectivity index (χ1v) is 6.20. The Hall–Kier alpha value is -0.800. The SMILES string of the molecule is O=C(Cl)C[C@H]1CCN(c2ccc(Cl)c(F)c2)C1. The second-order valence-corrected chi connectivity index (χ2v) is 5.09. The van der Waals surface area contributed by atoms with Gasteiger partial charge in [-0.05, 0) is 42.1 Å². The first-order valence-electron chi connectivity index (χ1n) is 5.44. The van der Waals surface area contributed by atoms with Gasteiger partial charge in [0.15, 0.2) is 0 Å². The van der Waals surface area contributed by atoms with E-state index < -0.39 is 5.82 Å². The summed E-state index contributed by atoms with van der Waals surface area (Å²) < 4.78 is 13.3. The molecule has 1 fully saturated rings. The van der Waals surface area contributed by atoms with Crippen LogP contribution in [0.5, 0.6) is 0 Å². The van der Waals surface area contributed by atoms with Crippen molar-refractivity contribution >= 4 is 34.1 Å². The van der Waals surface area contributed by atoms with Gasteiger partial charge in [-0.25, -0.2) is 4.39 Å². The van der Waals surface area contributed by atoms with Crippen molar-refractivity contribution in [3.63, 3.8) is 0 Å². The lowest BCUT2D eigenvalue weighted by Gasteiger charge is -2.18. The molecule has 1 aliphatic heterocycles. The highest BCUT2D eigenvalue weighted by atomic mass is 35.5. The average Bonchev–Trinajstić information content (AvgIpc) is 2.69. The summed E-state index contributed by atoms with van der Waals surface area (Å²) in [6, 6.07) is 4.76. The molecule has 0 aliphatic carbocycles. The monoisotopic (exact) mass is 275 g/mol. The van der Waals surface area contributed by atoms with Crippen molar-refractivity contribution in [1.82, 2.24) is 0 Å². The van der Waals surface area contributed by atoms with Gasteiger partial charge in [0, 0.05) is 25.2 Å². The maximum absolute atomic E-state index is 13.3. The summed E-state index contributed by atoms with van der Waals surface area (Å²) in [5.41, 5.74) is 0.802. The Bertz CT molecular complexity index is 439. The molecule has 1 aliphatic rings. The fraction of sp³-hybridized carbons (Fsp3) is 0.417. The maximum atomic E-state index is 13.3. The van der Waals surface area contributed by atoms with E-state index in [-0.39, 0.29) is 16.2 Å². The van der Waals surface area contributed by atoms with Crippen LogP contribution in [0.3, 0.4) is 0 Å². The van der Waals surface area contributed by atoms with Gasteiger partial charge < -0.3 is 4.90 Å². The largest absolute Gasteiger partial charge is 0.371 e. The van der Waals surface area contributed by atoms with Gasteiger partial charge in [-0.15, -0.1) is 0 Å². The quantitative estimate of drug-likeness (QED) is 0.788. The van der Waals surface area contributed by atoms with Gasteiger partial charge >= 0.3 is 0 Å². The maximum Gasteiger partial charge on any atom is 0.221 e. The molecular formula is C12H12Cl2FNO. The van der Waals surface area contributed by atoms with Crippen LogP contribution in [-0.4, -0.2) is 18.3 Å². The Morgan fingerprint density at radius 3 is 2.94 bits per heavy atom. The lowest BCUT2D eigenvalue weighted by atomic mass is 10.1. The molecule has 2 nitrogen and oxygen atoms in total. The number of carbonyl (C=O) groups excluding carboxylic acids is 1. The molecule has 1 aromatic carbocycles. The molecule has 0 spiro atoms. The van der Waals surface area contributed by atoms with Gasteiger partial charge in [-0.2, -0.15) is 0 Å². The number of hydrogen-bond donors (Lipinski definition) is 0. The van der Waals surface area contributed by atoms with Crippen LogP contribution in [0.1, 0.15) is 12.8 Å². The van der Waals surface area contributed by atoms with Crippen LogP contribution in [-0.2, 0) is 4.79 Å². The molecule has 17 heavy (non-hydrogen) atoms. The Morgan fingerprint density at radius 1 is 1.53 bits per heavy atom. The number of benzene rings is 1. The summed E-state index contributed by atoms with van der Waals surface area (Å²) in [7, 11) is 0. The van der Waals surface area contributed by atoms with Crippen molar-refractivity contribution < 1.29 is 9.18 Å². The van der Waals surface area contributed by atoms with Crippen molar-refractivity contribution in [1.29, 1.82) is 0 Å². The summed E-state index contributed by atoms with van der Waals surface area (Å²) in [6.45, 7) is 1.55. The molecule has 0 N–H and O–H groups in total. The van der Waals surface area contributed by atoms with Gasteiger partial charge in [0.2, 0.25) is 5.24 Å². The molecule has 1 atom stereocenters. The molecule has 0 bridgehead atoms. The molecule has 0 unspecified atom stereocenters. The fourth-order valence-electron chi connectivity index (χ4n) is 2.14. The third kappa shape index (κ3) is 3.11.